The molecule has 0 radical (unpaired) electrons. The molecule has 0 amide bonds. The van der Waals surface area contributed by atoms with Crippen LogP contribution in [0.15, 0.2) is 164 Å². The Kier molecular flexibility index (Phi) is 14.6. The lowest BCUT2D eigenvalue weighted by Crippen LogP contribution is -2.10. The van der Waals surface area contributed by atoms with Gasteiger partial charge in [0.25, 0.3) is 0 Å². The highest BCUT2D eigenvalue weighted by Gasteiger charge is 2.21. The molecule has 0 aliphatic rings. The standard InChI is InChI=1S/3C21H17FN2O2/c3*1-13-17(11-16-8-6-14-4-2-3-5-19(14)23-16)18-10-15(22)7-9-20(18)24(13)12-21(25)26/h3*2-10H,11-12H2,1H3,(H,25,26). The van der Waals surface area contributed by atoms with Crippen molar-refractivity contribution in [3.8, 4) is 0 Å². The van der Waals surface area contributed by atoms with Crippen LogP contribution in [0.4, 0.5) is 13.2 Å². The number of rotatable bonds is 12. The molecular formula is C63H51F3N6O6. The topological polar surface area (TPSA) is 165 Å². The van der Waals surface area contributed by atoms with Gasteiger partial charge in [0.2, 0.25) is 0 Å². The second kappa shape index (κ2) is 21.9. The summed E-state index contributed by atoms with van der Waals surface area (Å²) in [4.78, 5) is 47.8. The summed E-state index contributed by atoms with van der Waals surface area (Å²) in [6.07, 6.45) is 1.55. The summed E-state index contributed by atoms with van der Waals surface area (Å²) in [6.45, 7) is 5.16. The molecular weight excluding hydrogens is 994 g/mol. The average molecular weight is 1050 g/mol. The highest BCUT2D eigenvalue weighted by atomic mass is 19.1. The van der Waals surface area contributed by atoms with Crippen LogP contribution in [0, 0.1) is 38.2 Å². The number of nitrogens with zero attached hydrogens (tertiary/aromatic N) is 6. The fraction of sp³-hybridized carbons (Fsp3) is 0.143. The van der Waals surface area contributed by atoms with Gasteiger partial charge >= 0.3 is 17.9 Å². The molecule has 6 aromatic heterocycles. The van der Waals surface area contributed by atoms with Crippen LogP contribution in [-0.4, -0.2) is 61.9 Å². The molecule has 3 N–H and O–H groups in total. The van der Waals surface area contributed by atoms with Crippen molar-refractivity contribution in [2.24, 2.45) is 0 Å². The number of para-hydroxylation sites is 3. The quantitative estimate of drug-likeness (QED) is 0.108. The number of pyridine rings is 3. The summed E-state index contributed by atoms with van der Waals surface area (Å²) in [6, 6.07) is 49.0. The maximum absolute atomic E-state index is 13.8. The molecule has 0 saturated heterocycles. The summed E-state index contributed by atoms with van der Waals surface area (Å²) < 4.78 is 46.6. The number of fused-ring (bicyclic) bond motifs is 6. The second-order valence-corrected chi connectivity index (χ2v) is 19.1. The van der Waals surface area contributed by atoms with Gasteiger partial charge in [-0.2, -0.15) is 0 Å². The molecule has 0 aliphatic heterocycles. The third-order valence-corrected chi connectivity index (χ3v) is 14.2. The van der Waals surface area contributed by atoms with Gasteiger partial charge in [0.1, 0.15) is 37.1 Å². The third-order valence-electron chi connectivity index (χ3n) is 14.2. The molecule has 6 heterocycles. The molecule has 15 heteroatoms. The van der Waals surface area contributed by atoms with E-state index in [1.54, 1.807) is 31.9 Å². The molecule has 78 heavy (non-hydrogen) atoms. The molecule has 12 rings (SSSR count). The van der Waals surface area contributed by atoms with Crippen molar-refractivity contribution in [1.29, 1.82) is 0 Å². The molecule has 0 atom stereocenters. The van der Waals surface area contributed by atoms with Crippen molar-refractivity contribution in [2.75, 3.05) is 0 Å². The predicted molar refractivity (Wildman–Crippen MR) is 296 cm³/mol. The monoisotopic (exact) mass is 1040 g/mol. The van der Waals surface area contributed by atoms with E-state index in [9.17, 15) is 42.9 Å². The Labute approximate surface area is 444 Å². The van der Waals surface area contributed by atoms with Crippen molar-refractivity contribution in [3.63, 3.8) is 0 Å². The zero-order chi connectivity index (χ0) is 54.8. The normalized spacial score (nSPS) is 11.3. The zero-order valence-electron chi connectivity index (χ0n) is 42.7. The Bertz CT molecular complexity index is 3880. The first-order valence-corrected chi connectivity index (χ1v) is 25.1. The lowest BCUT2D eigenvalue weighted by molar-refractivity contribution is -0.138. The smallest absolute Gasteiger partial charge is 0.323 e. The van der Waals surface area contributed by atoms with Crippen LogP contribution in [0.3, 0.4) is 0 Å². The fourth-order valence-corrected chi connectivity index (χ4v) is 10.4. The molecule has 12 nitrogen and oxygen atoms in total. The maximum atomic E-state index is 13.8. The first kappa shape index (κ1) is 51.8. The summed E-state index contributed by atoms with van der Waals surface area (Å²) in [5.41, 5.74) is 12.7. The maximum Gasteiger partial charge on any atom is 0.323 e. The molecule has 12 aromatic rings. The number of carboxylic acids is 3. The predicted octanol–water partition coefficient (Wildman–Crippen LogP) is 12.9. The lowest BCUT2D eigenvalue weighted by Gasteiger charge is -2.06. The zero-order valence-corrected chi connectivity index (χ0v) is 42.7. The highest BCUT2D eigenvalue weighted by Crippen LogP contribution is 2.32. The summed E-state index contributed by atoms with van der Waals surface area (Å²) in [7, 11) is 0. The molecule has 0 fully saturated rings. The number of carbonyl (C=O) groups is 3. The molecule has 0 unspecified atom stereocenters. The number of aromatic nitrogens is 6. The van der Waals surface area contributed by atoms with Gasteiger partial charge in [0.15, 0.2) is 0 Å². The molecule has 390 valence electrons. The van der Waals surface area contributed by atoms with Crippen LogP contribution in [0.5, 0.6) is 0 Å². The number of halogens is 3. The van der Waals surface area contributed by atoms with Crippen molar-refractivity contribution >= 4 is 83.3 Å². The third kappa shape index (κ3) is 10.9. The van der Waals surface area contributed by atoms with E-state index in [0.29, 0.717) is 19.3 Å². The first-order valence-electron chi connectivity index (χ1n) is 25.1. The van der Waals surface area contributed by atoms with Gasteiger partial charge in [-0.15, -0.1) is 0 Å². The number of benzene rings is 6. The number of hydrogen-bond acceptors (Lipinski definition) is 6. The second-order valence-electron chi connectivity index (χ2n) is 19.1. The largest absolute Gasteiger partial charge is 0.480 e. The minimum absolute atomic E-state index is 0.154. The number of aliphatic carboxylic acids is 3. The van der Waals surface area contributed by atoms with E-state index in [1.165, 1.54) is 36.4 Å². The van der Waals surface area contributed by atoms with E-state index in [2.05, 4.69) is 0 Å². The average Bonchev–Trinajstić information content (AvgIpc) is 4.13. The van der Waals surface area contributed by atoms with Gasteiger partial charge in [0.05, 0.1) is 16.6 Å². The van der Waals surface area contributed by atoms with E-state index in [-0.39, 0.29) is 37.1 Å². The highest BCUT2D eigenvalue weighted by molar-refractivity contribution is 5.90. The van der Waals surface area contributed by atoms with E-state index < -0.39 is 17.9 Å². The Morgan fingerprint density at radius 2 is 0.654 bits per heavy atom. The van der Waals surface area contributed by atoms with E-state index in [4.69, 9.17) is 15.0 Å². The molecule has 0 spiro atoms. The van der Waals surface area contributed by atoms with E-state index in [1.807, 2.05) is 130 Å². The SMILES string of the molecule is Cc1c(Cc2ccc3ccccc3n2)c2cc(F)ccc2n1CC(=O)O.Cc1c(Cc2ccc3ccccc3n2)c2cc(F)ccc2n1CC(=O)O.Cc1c(Cc2ccc3ccccc3n2)c2cc(F)ccc2n1CC(=O)O. The Morgan fingerprint density at radius 1 is 0.385 bits per heavy atom. The van der Waals surface area contributed by atoms with Crippen LogP contribution in [-0.2, 0) is 53.3 Å². The van der Waals surface area contributed by atoms with Crippen molar-refractivity contribution < 1.29 is 42.9 Å². The van der Waals surface area contributed by atoms with Crippen molar-refractivity contribution in [1.82, 2.24) is 28.7 Å². The van der Waals surface area contributed by atoms with Gasteiger partial charge < -0.3 is 29.0 Å². The van der Waals surface area contributed by atoms with Gasteiger partial charge in [-0.1, -0.05) is 72.8 Å². The molecule has 0 bridgehead atoms. The lowest BCUT2D eigenvalue weighted by atomic mass is 10.0. The van der Waals surface area contributed by atoms with E-state index in [0.717, 1.165) is 116 Å². The van der Waals surface area contributed by atoms with Crippen molar-refractivity contribution in [3.05, 3.63) is 232 Å². The van der Waals surface area contributed by atoms with Crippen LogP contribution in [0.25, 0.3) is 65.4 Å². The van der Waals surface area contributed by atoms with Crippen LogP contribution < -0.4 is 0 Å². The van der Waals surface area contributed by atoms with Crippen LogP contribution in [0.2, 0.25) is 0 Å². The fourth-order valence-electron chi connectivity index (χ4n) is 10.4. The summed E-state index contributed by atoms with van der Waals surface area (Å²) >= 11 is 0. The van der Waals surface area contributed by atoms with Gasteiger partial charge in [-0.25, -0.2) is 13.2 Å². The van der Waals surface area contributed by atoms with Gasteiger partial charge in [-0.3, -0.25) is 29.3 Å². The minimum Gasteiger partial charge on any atom is -0.480 e. The van der Waals surface area contributed by atoms with Gasteiger partial charge in [-0.05, 0) is 128 Å². The minimum atomic E-state index is -0.926. The first-order chi connectivity index (χ1) is 37.6. The van der Waals surface area contributed by atoms with Crippen LogP contribution in [0.1, 0.15) is 50.9 Å². The molecule has 0 aliphatic carbocycles. The Hall–Kier alpha value is -9.63. The van der Waals surface area contributed by atoms with Crippen molar-refractivity contribution in [2.45, 2.75) is 59.7 Å². The molecule has 0 saturated carbocycles. The number of hydrogen-bond donors (Lipinski definition) is 3. The summed E-state index contributed by atoms with van der Waals surface area (Å²) in [5.74, 6) is -3.78. The molecule has 6 aromatic carbocycles. The Morgan fingerprint density at radius 3 is 0.923 bits per heavy atom. The van der Waals surface area contributed by atoms with E-state index >= 15 is 0 Å². The Balaban J connectivity index is 0.000000132. The van der Waals surface area contributed by atoms with Crippen LogP contribution >= 0.6 is 0 Å². The number of carboxylic acid groups (broad SMARTS) is 3. The summed E-state index contributed by atoms with van der Waals surface area (Å²) in [5, 5.41) is 33.0. The van der Waals surface area contributed by atoms with Gasteiger partial charge in [0, 0.05) is 102 Å².